The van der Waals surface area contributed by atoms with Gasteiger partial charge in [0.05, 0.1) is 28.9 Å². The van der Waals surface area contributed by atoms with Crippen molar-refractivity contribution in [1.29, 1.82) is 0 Å². The summed E-state index contributed by atoms with van der Waals surface area (Å²) in [5.41, 5.74) is 1.08. The summed E-state index contributed by atoms with van der Waals surface area (Å²) < 4.78 is 20.5. The molecule has 0 bridgehead atoms. The number of benzene rings is 1. The molecular weight excluding hydrogens is 282 g/mol. The number of allylic oxidation sites excluding steroid dienone is 1. The summed E-state index contributed by atoms with van der Waals surface area (Å²) in [6.45, 7) is 8.05. The second kappa shape index (κ2) is 8.35. The molecule has 2 atom stereocenters. The molecule has 0 aliphatic rings. The Morgan fingerprint density at radius 3 is 2.38 bits per heavy atom. The second-order valence-electron chi connectivity index (χ2n) is 5.97. The molecule has 1 aromatic carbocycles. The highest BCUT2D eigenvalue weighted by Crippen LogP contribution is 2.21. The molecule has 0 aliphatic heterocycles. The smallest absolute Gasteiger partial charge is 0.118 e. The molecule has 0 saturated heterocycles. The Morgan fingerprint density at radius 1 is 1.29 bits per heavy atom. The number of unbranched alkanes of at least 4 members (excludes halogenated alkanes) is 1. The normalized spacial score (nSPS) is 15.1. The van der Waals surface area contributed by atoms with Gasteiger partial charge in [-0.1, -0.05) is 37.6 Å². The van der Waals surface area contributed by atoms with Gasteiger partial charge < -0.3 is 4.74 Å². The average Bonchev–Trinajstić information content (AvgIpc) is 2.45. The molecule has 0 heterocycles. The fourth-order valence-corrected chi connectivity index (χ4v) is 2.52. The molecule has 0 fully saturated rings. The van der Waals surface area contributed by atoms with Crippen LogP contribution in [0.2, 0.25) is 0 Å². The van der Waals surface area contributed by atoms with Gasteiger partial charge in [-0.05, 0) is 44.9 Å². The zero-order valence-electron chi connectivity index (χ0n) is 13.7. The highest BCUT2D eigenvalue weighted by atomic mass is 32.2. The van der Waals surface area contributed by atoms with Crippen molar-refractivity contribution >= 4 is 11.0 Å². The van der Waals surface area contributed by atoms with E-state index in [1.54, 1.807) is 7.11 Å². The third-order valence-corrected chi connectivity index (χ3v) is 4.63. The molecule has 0 spiro atoms. The topological polar surface area (TPSA) is 38.3 Å². The Hall–Kier alpha value is -1.13. The molecule has 0 radical (unpaired) electrons. The monoisotopic (exact) mass is 309 g/mol. The number of rotatable bonds is 7. The fraction of sp³-hybridized carbons (Fsp3) is 0.529. The van der Waals surface area contributed by atoms with E-state index in [4.69, 9.17) is 4.74 Å². The zero-order valence-corrected chi connectivity index (χ0v) is 14.5. The lowest BCUT2D eigenvalue weighted by molar-refractivity contribution is 0.414. The van der Waals surface area contributed by atoms with Crippen molar-refractivity contribution in [2.75, 3.05) is 7.11 Å². The minimum Gasteiger partial charge on any atom is -0.497 e. The van der Waals surface area contributed by atoms with E-state index in [0.29, 0.717) is 0 Å². The minimum atomic E-state index is -1.11. The molecule has 118 valence electrons. The molecule has 0 aliphatic carbocycles. The lowest BCUT2D eigenvalue weighted by Crippen LogP contribution is -2.35. The van der Waals surface area contributed by atoms with Gasteiger partial charge in [0.15, 0.2) is 0 Å². The first kappa shape index (κ1) is 17.9. The van der Waals surface area contributed by atoms with E-state index in [0.717, 1.165) is 24.2 Å². The van der Waals surface area contributed by atoms with E-state index in [1.807, 2.05) is 45.0 Å². The van der Waals surface area contributed by atoms with E-state index in [1.165, 1.54) is 0 Å². The average molecular weight is 309 g/mol. The summed E-state index contributed by atoms with van der Waals surface area (Å²) >= 11 is 0. The van der Waals surface area contributed by atoms with Gasteiger partial charge in [-0.3, -0.25) is 0 Å². The van der Waals surface area contributed by atoms with Crippen molar-refractivity contribution in [3.8, 4) is 5.75 Å². The predicted octanol–water partition coefficient (Wildman–Crippen LogP) is 4.14. The van der Waals surface area contributed by atoms with Crippen molar-refractivity contribution in [3.05, 3.63) is 42.0 Å². The van der Waals surface area contributed by atoms with Crippen LogP contribution in [0.4, 0.5) is 0 Å². The van der Waals surface area contributed by atoms with Crippen molar-refractivity contribution < 1.29 is 8.95 Å². The first-order valence-electron chi connectivity index (χ1n) is 7.37. The summed E-state index contributed by atoms with van der Waals surface area (Å²) in [5, 5.41) is 0. The molecule has 0 aromatic heterocycles. The lowest BCUT2D eigenvalue weighted by Gasteiger charge is -2.23. The maximum Gasteiger partial charge on any atom is 0.118 e. The van der Waals surface area contributed by atoms with Crippen LogP contribution in [0.15, 0.2) is 36.4 Å². The van der Waals surface area contributed by atoms with Crippen LogP contribution >= 0.6 is 0 Å². The molecule has 0 amide bonds. The molecule has 3 nitrogen and oxygen atoms in total. The highest BCUT2D eigenvalue weighted by molar-refractivity contribution is 7.84. The van der Waals surface area contributed by atoms with Gasteiger partial charge in [0, 0.05) is 0 Å². The second-order valence-corrected chi connectivity index (χ2v) is 7.96. The van der Waals surface area contributed by atoms with E-state index >= 15 is 0 Å². The van der Waals surface area contributed by atoms with Crippen molar-refractivity contribution in [2.45, 2.75) is 51.3 Å². The Morgan fingerprint density at radius 2 is 1.90 bits per heavy atom. The van der Waals surface area contributed by atoms with Crippen molar-refractivity contribution in [1.82, 2.24) is 4.72 Å². The summed E-state index contributed by atoms with van der Waals surface area (Å²) in [5.74, 6) is 0.826. The number of methoxy groups -OCH3 is 1. The highest BCUT2D eigenvalue weighted by Gasteiger charge is 2.22. The minimum absolute atomic E-state index is 0.0532. The van der Waals surface area contributed by atoms with Crippen LogP contribution < -0.4 is 9.46 Å². The van der Waals surface area contributed by atoms with Gasteiger partial charge in [0.1, 0.15) is 5.75 Å². The molecule has 21 heavy (non-hydrogen) atoms. The van der Waals surface area contributed by atoms with Crippen LogP contribution in [0.1, 0.15) is 52.1 Å². The van der Waals surface area contributed by atoms with Crippen LogP contribution in [0.5, 0.6) is 5.75 Å². The molecule has 0 saturated carbocycles. The van der Waals surface area contributed by atoms with Crippen LogP contribution in [0, 0.1) is 0 Å². The summed E-state index contributed by atoms with van der Waals surface area (Å²) in [6.07, 6.45) is 6.36. The fourth-order valence-electron chi connectivity index (χ4n) is 1.72. The maximum atomic E-state index is 12.3. The number of hydrogen-bond acceptors (Lipinski definition) is 2. The third-order valence-electron chi connectivity index (χ3n) is 3.05. The Labute approximate surface area is 131 Å². The van der Waals surface area contributed by atoms with E-state index < -0.39 is 11.0 Å². The Balaban J connectivity index is 2.92. The van der Waals surface area contributed by atoms with Gasteiger partial charge in [0.2, 0.25) is 0 Å². The summed E-state index contributed by atoms with van der Waals surface area (Å²) in [6, 6.07) is 7.82. The third kappa shape index (κ3) is 6.02. The van der Waals surface area contributed by atoms with Gasteiger partial charge in [-0.15, -0.1) is 0 Å². The van der Waals surface area contributed by atoms with Gasteiger partial charge in [-0.2, -0.15) is 0 Å². The Bertz CT molecular complexity index is 475. The van der Waals surface area contributed by atoms with Crippen LogP contribution in [-0.4, -0.2) is 16.1 Å². The molecule has 1 unspecified atom stereocenters. The van der Waals surface area contributed by atoms with Gasteiger partial charge in [-0.25, -0.2) is 8.93 Å². The van der Waals surface area contributed by atoms with Crippen molar-refractivity contribution in [3.63, 3.8) is 0 Å². The molecule has 1 rings (SSSR count). The lowest BCUT2D eigenvalue weighted by atomic mass is 10.1. The number of nitrogens with one attached hydrogen (secondary N) is 1. The Kier molecular flexibility index (Phi) is 7.12. The van der Waals surface area contributed by atoms with Crippen LogP contribution in [0.25, 0.3) is 0 Å². The molecule has 4 heteroatoms. The predicted molar refractivity (Wildman–Crippen MR) is 90.8 cm³/mol. The first-order chi connectivity index (χ1) is 9.88. The quantitative estimate of drug-likeness (QED) is 0.769. The van der Waals surface area contributed by atoms with Gasteiger partial charge >= 0.3 is 0 Å². The van der Waals surface area contributed by atoms with Gasteiger partial charge in [0.25, 0.3) is 0 Å². The molecular formula is C17H27NO2S. The first-order valence-corrected chi connectivity index (χ1v) is 8.52. The SMILES string of the molecule is CCC/C=C/[C@@H](NS(=O)C(C)(C)C)c1ccc(OC)cc1. The van der Waals surface area contributed by atoms with E-state index in [9.17, 15) is 4.21 Å². The molecule has 1 N–H and O–H groups in total. The molecule has 1 aromatic rings. The van der Waals surface area contributed by atoms with Crippen molar-refractivity contribution in [2.24, 2.45) is 0 Å². The van der Waals surface area contributed by atoms with Crippen LogP contribution in [-0.2, 0) is 11.0 Å². The number of hydrogen-bond donors (Lipinski definition) is 1. The summed E-state index contributed by atoms with van der Waals surface area (Å²) in [4.78, 5) is 0. The van der Waals surface area contributed by atoms with Crippen LogP contribution in [0.3, 0.4) is 0 Å². The largest absolute Gasteiger partial charge is 0.497 e. The zero-order chi connectivity index (χ0) is 15.9. The van der Waals surface area contributed by atoms with E-state index in [2.05, 4.69) is 23.8 Å². The maximum absolute atomic E-state index is 12.3. The summed E-state index contributed by atoms with van der Waals surface area (Å²) in [7, 11) is 0.540. The van der Waals surface area contributed by atoms with E-state index in [-0.39, 0.29) is 10.8 Å². The number of ether oxygens (including phenoxy) is 1. The standard InChI is InChI=1S/C17H27NO2S/c1-6-7-8-9-16(18-21(19)17(2,3)4)14-10-12-15(20-5)13-11-14/h8-13,16,18H,6-7H2,1-5H3/b9-8+/t16-,21?/m1/s1.